The topological polar surface area (TPSA) is 109 Å². The molecular formula is C22H19BrF3N5O3S. The molecule has 0 aliphatic heterocycles. The fraction of sp³-hybridized carbons (Fsp3) is 0.182. The Morgan fingerprint density at radius 3 is 2.51 bits per heavy atom. The maximum absolute atomic E-state index is 13.2. The normalized spacial score (nSPS) is 12.2. The second kappa shape index (κ2) is 9.84. The predicted octanol–water partition coefficient (Wildman–Crippen LogP) is 4.66. The van der Waals surface area contributed by atoms with Gasteiger partial charge in [-0.05, 0) is 46.6 Å². The number of sulfonamides is 1. The molecule has 2 aromatic carbocycles. The third-order valence-electron chi connectivity index (χ3n) is 5.04. The van der Waals surface area contributed by atoms with Gasteiger partial charge >= 0.3 is 6.18 Å². The van der Waals surface area contributed by atoms with Gasteiger partial charge in [-0.1, -0.05) is 24.3 Å². The minimum Gasteiger partial charge on any atom is -0.507 e. The Balaban J connectivity index is 1.46. The van der Waals surface area contributed by atoms with Crippen molar-refractivity contribution in [3.05, 3.63) is 70.8 Å². The van der Waals surface area contributed by atoms with Crippen molar-refractivity contribution in [2.45, 2.75) is 17.5 Å². The Hall–Kier alpha value is -3.16. The van der Waals surface area contributed by atoms with Crippen LogP contribution in [0.2, 0.25) is 0 Å². The summed E-state index contributed by atoms with van der Waals surface area (Å²) in [6.07, 6.45) is -2.96. The highest BCUT2D eigenvalue weighted by molar-refractivity contribution is 9.10. The summed E-state index contributed by atoms with van der Waals surface area (Å²) < 4.78 is 68.9. The fourth-order valence-electron chi connectivity index (χ4n) is 3.41. The molecular weight excluding hydrogens is 551 g/mol. The van der Waals surface area contributed by atoms with E-state index in [9.17, 15) is 26.7 Å². The third kappa shape index (κ3) is 5.41. The number of fused-ring (bicyclic) bond motifs is 1. The molecule has 0 amide bonds. The van der Waals surface area contributed by atoms with E-state index in [1.165, 1.54) is 10.6 Å². The molecule has 8 nitrogen and oxygen atoms in total. The molecule has 2 aromatic heterocycles. The molecule has 184 valence electrons. The maximum atomic E-state index is 13.2. The molecule has 4 rings (SSSR count). The number of para-hydroxylation sites is 1. The van der Waals surface area contributed by atoms with Gasteiger partial charge in [0.15, 0.2) is 5.65 Å². The number of rotatable bonds is 8. The molecule has 3 N–H and O–H groups in total. The van der Waals surface area contributed by atoms with Crippen LogP contribution in [0, 0.1) is 0 Å². The highest BCUT2D eigenvalue weighted by Gasteiger charge is 2.36. The van der Waals surface area contributed by atoms with E-state index < -0.39 is 26.7 Å². The number of nitrogens with zero attached hydrogens (tertiary/aromatic N) is 3. The van der Waals surface area contributed by atoms with Crippen molar-refractivity contribution < 1.29 is 26.7 Å². The van der Waals surface area contributed by atoms with Crippen LogP contribution >= 0.6 is 15.9 Å². The molecule has 0 aliphatic carbocycles. The van der Waals surface area contributed by atoms with Crippen LogP contribution in [0.15, 0.2) is 70.2 Å². The number of phenols is 1. The number of hydrogen-bond acceptors (Lipinski definition) is 6. The average molecular weight is 570 g/mol. The lowest BCUT2D eigenvalue weighted by atomic mass is 10.1. The molecule has 4 aromatic rings. The Morgan fingerprint density at radius 2 is 1.77 bits per heavy atom. The van der Waals surface area contributed by atoms with Gasteiger partial charge < -0.3 is 10.4 Å². The van der Waals surface area contributed by atoms with Crippen LogP contribution in [0.4, 0.5) is 19.0 Å². The van der Waals surface area contributed by atoms with Crippen molar-refractivity contribution in [3.63, 3.8) is 0 Å². The molecule has 0 saturated carbocycles. The van der Waals surface area contributed by atoms with E-state index in [0.717, 1.165) is 18.2 Å². The zero-order chi connectivity index (χ0) is 25.2. The van der Waals surface area contributed by atoms with E-state index in [-0.39, 0.29) is 25.3 Å². The smallest absolute Gasteiger partial charge is 0.417 e. The Labute approximate surface area is 207 Å². The number of hydrogen-bond donors (Lipinski definition) is 3. The number of aromatic hydroxyl groups is 1. The molecule has 2 heterocycles. The quantitative estimate of drug-likeness (QED) is 0.266. The van der Waals surface area contributed by atoms with Gasteiger partial charge in [0.1, 0.15) is 11.6 Å². The van der Waals surface area contributed by atoms with Crippen LogP contribution in [-0.4, -0.2) is 41.2 Å². The van der Waals surface area contributed by atoms with Crippen molar-refractivity contribution in [2.75, 3.05) is 18.4 Å². The van der Waals surface area contributed by atoms with Gasteiger partial charge in [0, 0.05) is 24.7 Å². The van der Waals surface area contributed by atoms with E-state index in [1.807, 2.05) is 0 Å². The van der Waals surface area contributed by atoms with Crippen LogP contribution in [0.25, 0.3) is 16.9 Å². The Morgan fingerprint density at radius 1 is 1.06 bits per heavy atom. The first-order valence-electron chi connectivity index (χ1n) is 10.3. The van der Waals surface area contributed by atoms with Crippen molar-refractivity contribution in [2.24, 2.45) is 0 Å². The first-order valence-corrected chi connectivity index (χ1v) is 12.6. The van der Waals surface area contributed by atoms with E-state index in [2.05, 4.69) is 36.1 Å². The monoisotopic (exact) mass is 569 g/mol. The summed E-state index contributed by atoms with van der Waals surface area (Å²) in [5.41, 5.74) is 0.287. The van der Waals surface area contributed by atoms with E-state index in [0.29, 0.717) is 27.2 Å². The summed E-state index contributed by atoms with van der Waals surface area (Å²) in [7, 11) is -4.36. The molecule has 35 heavy (non-hydrogen) atoms. The molecule has 0 aliphatic rings. The minimum atomic E-state index is -4.79. The van der Waals surface area contributed by atoms with Gasteiger partial charge in [-0.3, -0.25) is 0 Å². The molecule has 0 radical (unpaired) electrons. The summed E-state index contributed by atoms with van der Waals surface area (Å²) in [5.74, 6) is 0.587. The van der Waals surface area contributed by atoms with Gasteiger partial charge in [-0.25, -0.2) is 18.1 Å². The molecule has 0 bridgehead atoms. The van der Waals surface area contributed by atoms with Gasteiger partial charge in [0.2, 0.25) is 10.0 Å². The molecule has 0 fully saturated rings. The van der Waals surface area contributed by atoms with Crippen LogP contribution in [0.1, 0.15) is 12.0 Å². The second-order valence-corrected chi connectivity index (χ2v) is 10.0. The number of alkyl halides is 3. The number of anilines is 1. The second-order valence-electron chi connectivity index (χ2n) is 7.44. The fourth-order valence-corrected chi connectivity index (χ4v) is 5.06. The standard InChI is InChI=1S/C22H19BrF3N5O3S/c23-16-13-28-31-20(12-17(30-21(16)31)14-6-1-3-8-18(14)32)27-10-5-11-29-35(33,34)19-9-4-2-7-15(19)22(24,25)26/h1-4,6-9,12-13,27,29,32H,5,10-11H2. The van der Waals surface area contributed by atoms with Crippen LogP contribution < -0.4 is 10.0 Å². The maximum Gasteiger partial charge on any atom is 0.417 e. The van der Waals surface area contributed by atoms with Crippen molar-refractivity contribution in [1.29, 1.82) is 0 Å². The average Bonchev–Trinajstić information content (AvgIpc) is 3.19. The lowest BCUT2D eigenvalue weighted by molar-refractivity contribution is -0.139. The largest absolute Gasteiger partial charge is 0.507 e. The van der Waals surface area contributed by atoms with E-state index >= 15 is 0 Å². The zero-order valence-electron chi connectivity index (χ0n) is 17.9. The van der Waals surface area contributed by atoms with E-state index in [4.69, 9.17) is 0 Å². The lowest BCUT2D eigenvalue weighted by Crippen LogP contribution is -2.28. The summed E-state index contributed by atoms with van der Waals surface area (Å²) in [6.45, 7) is 0.186. The van der Waals surface area contributed by atoms with Crippen molar-refractivity contribution in [3.8, 4) is 17.0 Å². The number of halogens is 4. The SMILES string of the molecule is O=S(=O)(NCCCNc1cc(-c2ccccc2O)nc2c(Br)cnn12)c1ccccc1C(F)(F)F. The lowest BCUT2D eigenvalue weighted by Gasteiger charge is -2.14. The summed E-state index contributed by atoms with van der Waals surface area (Å²) in [4.78, 5) is 3.72. The van der Waals surface area contributed by atoms with Gasteiger partial charge in [-0.15, -0.1) is 0 Å². The van der Waals surface area contributed by atoms with Crippen molar-refractivity contribution >= 4 is 37.4 Å². The van der Waals surface area contributed by atoms with Crippen LogP contribution in [0.5, 0.6) is 5.75 Å². The molecule has 13 heteroatoms. The number of phenolic OH excluding ortho intramolecular Hbond substituents is 1. The minimum absolute atomic E-state index is 0.0551. The summed E-state index contributed by atoms with van der Waals surface area (Å²) >= 11 is 3.39. The third-order valence-corrected chi connectivity index (χ3v) is 7.12. The number of aromatic nitrogens is 3. The summed E-state index contributed by atoms with van der Waals surface area (Å²) in [5, 5.41) is 17.6. The van der Waals surface area contributed by atoms with Crippen LogP contribution in [0.3, 0.4) is 0 Å². The van der Waals surface area contributed by atoms with Crippen LogP contribution in [-0.2, 0) is 16.2 Å². The number of nitrogens with one attached hydrogen (secondary N) is 2. The van der Waals surface area contributed by atoms with Gasteiger partial charge in [-0.2, -0.15) is 22.8 Å². The first-order chi connectivity index (χ1) is 16.6. The first kappa shape index (κ1) is 24.9. The molecule has 0 atom stereocenters. The number of benzene rings is 2. The highest BCUT2D eigenvalue weighted by atomic mass is 79.9. The van der Waals surface area contributed by atoms with E-state index in [1.54, 1.807) is 36.5 Å². The van der Waals surface area contributed by atoms with Crippen molar-refractivity contribution in [1.82, 2.24) is 19.3 Å². The Kier molecular flexibility index (Phi) is 7.01. The predicted molar refractivity (Wildman–Crippen MR) is 128 cm³/mol. The van der Waals surface area contributed by atoms with Gasteiger partial charge in [0.05, 0.1) is 26.8 Å². The molecule has 0 saturated heterocycles. The van der Waals surface area contributed by atoms with Gasteiger partial charge in [0.25, 0.3) is 0 Å². The summed E-state index contributed by atoms with van der Waals surface area (Å²) in [6, 6.07) is 12.4. The Bertz CT molecular complexity index is 1470. The molecule has 0 spiro atoms. The highest BCUT2D eigenvalue weighted by Crippen LogP contribution is 2.34. The molecule has 0 unspecified atom stereocenters. The zero-order valence-corrected chi connectivity index (χ0v) is 20.3.